The van der Waals surface area contributed by atoms with Crippen LogP contribution in [0.2, 0.25) is 0 Å². The molecular weight excluding hydrogens is 416 g/mol. The van der Waals surface area contributed by atoms with Gasteiger partial charge in [0.25, 0.3) is 0 Å². The number of carbonyl (C=O) groups is 3. The van der Waals surface area contributed by atoms with Gasteiger partial charge in [-0.2, -0.15) is 0 Å². The van der Waals surface area contributed by atoms with Gasteiger partial charge in [0.2, 0.25) is 11.8 Å². The predicted octanol–water partition coefficient (Wildman–Crippen LogP) is 3.84. The Kier molecular flexibility index (Phi) is 6.19. The molecule has 6 rings (SSSR count). The number of rotatable bonds is 7. The molecule has 4 bridgehead atoms. The van der Waals surface area contributed by atoms with E-state index in [1.807, 2.05) is 0 Å². The molecule has 6 nitrogen and oxygen atoms in total. The second kappa shape index (κ2) is 9.11. The van der Waals surface area contributed by atoms with Crippen LogP contribution >= 0.6 is 0 Å². The number of likely N-dealkylation sites (tertiary alicyclic amines) is 1. The van der Waals surface area contributed by atoms with Crippen LogP contribution in [0, 0.1) is 29.1 Å². The van der Waals surface area contributed by atoms with Crippen molar-refractivity contribution in [1.29, 1.82) is 0 Å². The lowest BCUT2D eigenvalue weighted by Gasteiger charge is -2.56. The summed E-state index contributed by atoms with van der Waals surface area (Å²) in [7, 11) is 1.61. The minimum atomic E-state index is -0.0619. The van der Waals surface area contributed by atoms with Crippen molar-refractivity contribution < 1.29 is 19.1 Å². The van der Waals surface area contributed by atoms with Gasteiger partial charge in [0, 0.05) is 31.0 Å². The molecule has 0 spiro atoms. The van der Waals surface area contributed by atoms with E-state index in [9.17, 15) is 14.4 Å². The molecule has 4 aliphatic carbocycles. The highest BCUT2D eigenvalue weighted by Gasteiger charge is 2.51. The summed E-state index contributed by atoms with van der Waals surface area (Å²) >= 11 is 0. The van der Waals surface area contributed by atoms with Crippen molar-refractivity contribution in [1.82, 2.24) is 10.2 Å². The molecular formula is C27H36N2O4. The molecule has 1 N–H and O–H groups in total. The largest absolute Gasteiger partial charge is 0.497 e. The zero-order valence-electron chi connectivity index (χ0n) is 19.7. The van der Waals surface area contributed by atoms with Crippen molar-refractivity contribution in [2.75, 3.05) is 26.7 Å². The predicted molar refractivity (Wildman–Crippen MR) is 125 cm³/mol. The number of benzene rings is 1. The number of methoxy groups -OCH3 is 1. The first-order valence-electron chi connectivity index (χ1n) is 12.7. The Morgan fingerprint density at radius 3 is 2.09 bits per heavy atom. The third-order valence-corrected chi connectivity index (χ3v) is 8.73. The van der Waals surface area contributed by atoms with Gasteiger partial charge in [-0.15, -0.1) is 0 Å². The first kappa shape index (κ1) is 22.4. The van der Waals surface area contributed by atoms with Crippen molar-refractivity contribution in [3.05, 3.63) is 29.8 Å². The number of ketones is 1. The molecule has 0 unspecified atom stereocenters. The van der Waals surface area contributed by atoms with Gasteiger partial charge in [0.1, 0.15) is 5.75 Å². The van der Waals surface area contributed by atoms with Crippen LogP contribution in [0.1, 0.15) is 68.1 Å². The molecule has 4 saturated carbocycles. The fourth-order valence-corrected chi connectivity index (χ4v) is 7.58. The number of carbonyl (C=O) groups excluding carboxylic acids is 3. The quantitative estimate of drug-likeness (QED) is 0.638. The molecule has 0 radical (unpaired) electrons. The van der Waals surface area contributed by atoms with Gasteiger partial charge in [-0.1, -0.05) is 0 Å². The SMILES string of the molecule is COc1ccc(C(=O)C2CCN(C(=O)CNC(=O)CC34CC5CC(CC(C5)C3)C4)CC2)cc1. The maximum absolute atomic E-state index is 12.8. The lowest BCUT2D eigenvalue weighted by Crippen LogP contribution is -2.49. The van der Waals surface area contributed by atoms with E-state index in [1.165, 1.54) is 38.5 Å². The summed E-state index contributed by atoms with van der Waals surface area (Å²) in [6.45, 7) is 1.20. The van der Waals surface area contributed by atoms with Gasteiger partial charge in [-0.3, -0.25) is 14.4 Å². The van der Waals surface area contributed by atoms with E-state index in [0.717, 1.165) is 23.5 Å². The molecule has 0 atom stereocenters. The van der Waals surface area contributed by atoms with Crippen molar-refractivity contribution in [2.24, 2.45) is 29.1 Å². The van der Waals surface area contributed by atoms with Crippen molar-refractivity contribution in [3.63, 3.8) is 0 Å². The zero-order valence-corrected chi connectivity index (χ0v) is 19.7. The summed E-state index contributed by atoms with van der Waals surface area (Å²) in [6, 6.07) is 7.21. The fourth-order valence-electron chi connectivity index (χ4n) is 7.58. The highest BCUT2D eigenvalue weighted by Crippen LogP contribution is 2.61. The van der Waals surface area contributed by atoms with E-state index < -0.39 is 0 Å². The molecule has 2 amide bonds. The number of piperidine rings is 1. The lowest BCUT2D eigenvalue weighted by molar-refractivity contribution is -0.136. The van der Waals surface area contributed by atoms with Crippen LogP contribution in [0.15, 0.2) is 24.3 Å². The minimum Gasteiger partial charge on any atom is -0.497 e. The Morgan fingerprint density at radius 1 is 0.970 bits per heavy atom. The van der Waals surface area contributed by atoms with Gasteiger partial charge in [0.15, 0.2) is 5.78 Å². The second-order valence-corrected chi connectivity index (χ2v) is 11.1. The molecule has 178 valence electrons. The second-order valence-electron chi connectivity index (χ2n) is 11.1. The number of hydrogen-bond donors (Lipinski definition) is 1. The Hall–Kier alpha value is -2.37. The minimum absolute atomic E-state index is 0.0369. The summed E-state index contributed by atoms with van der Waals surface area (Å²) in [5.41, 5.74) is 0.889. The topological polar surface area (TPSA) is 75.7 Å². The summed E-state index contributed by atoms with van der Waals surface area (Å²) in [5.74, 6) is 3.28. The van der Waals surface area contributed by atoms with Crippen LogP contribution in [0.3, 0.4) is 0 Å². The Morgan fingerprint density at radius 2 is 1.55 bits per heavy atom. The highest BCUT2D eigenvalue weighted by molar-refractivity contribution is 5.98. The standard InChI is InChI=1S/C27H36N2O4/c1-33-23-4-2-21(3-5-23)26(32)22-6-8-29(9-7-22)25(31)17-28-24(30)16-27-13-18-10-19(14-27)12-20(11-18)15-27/h2-5,18-20,22H,6-17H2,1H3,(H,28,30). The molecule has 1 aliphatic heterocycles. The van der Waals surface area contributed by atoms with Gasteiger partial charge >= 0.3 is 0 Å². The van der Waals surface area contributed by atoms with Crippen LogP contribution in [0.25, 0.3) is 0 Å². The average Bonchev–Trinajstić information content (AvgIpc) is 2.81. The number of Topliss-reactive ketones (excluding diaryl/α,β-unsaturated/α-hetero) is 1. The van der Waals surface area contributed by atoms with E-state index >= 15 is 0 Å². The average molecular weight is 453 g/mol. The third-order valence-electron chi connectivity index (χ3n) is 8.73. The first-order valence-corrected chi connectivity index (χ1v) is 12.7. The van der Waals surface area contributed by atoms with Crippen molar-refractivity contribution in [2.45, 2.75) is 57.8 Å². The molecule has 1 heterocycles. The van der Waals surface area contributed by atoms with E-state index in [1.54, 1.807) is 36.3 Å². The zero-order chi connectivity index (χ0) is 23.0. The molecule has 1 aromatic rings. The van der Waals surface area contributed by atoms with E-state index in [-0.39, 0.29) is 35.5 Å². The van der Waals surface area contributed by atoms with E-state index in [4.69, 9.17) is 4.74 Å². The summed E-state index contributed by atoms with van der Waals surface area (Å²) in [5, 5.41) is 2.92. The summed E-state index contributed by atoms with van der Waals surface area (Å²) < 4.78 is 5.16. The van der Waals surface area contributed by atoms with Crippen LogP contribution in [0.4, 0.5) is 0 Å². The number of amides is 2. The molecule has 1 aromatic carbocycles. The first-order chi connectivity index (χ1) is 15.9. The van der Waals surface area contributed by atoms with Crippen LogP contribution in [-0.4, -0.2) is 49.2 Å². The molecule has 0 aromatic heterocycles. The number of ether oxygens (including phenoxy) is 1. The third kappa shape index (κ3) is 4.80. The van der Waals surface area contributed by atoms with Gasteiger partial charge in [-0.25, -0.2) is 0 Å². The molecule has 5 aliphatic rings. The smallest absolute Gasteiger partial charge is 0.241 e. The normalized spacial score (nSPS) is 30.8. The molecule has 1 saturated heterocycles. The highest BCUT2D eigenvalue weighted by atomic mass is 16.5. The Labute approximate surface area is 196 Å². The van der Waals surface area contributed by atoms with Crippen molar-refractivity contribution in [3.8, 4) is 5.75 Å². The molecule has 6 heteroatoms. The Balaban J connectivity index is 1.06. The van der Waals surface area contributed by atoms with Crippen LogP contribution in [-0.2, 0) is 9.59 Å². The fraction of sp³-hybridized carbons (Fsp3) is 0.667. The summed E-state index contributed by atoms with van der Waals surface area (Å²) in [4.78, 5) is 40.0. The molecule has 5 fully saturated rings. The van der Waals surface area contributed by atoms with Gasteiger partial charge in [0.05, 0.1) is 13.7 Å². The number of nitrogens with one attached hydrogen (secondary N) is 1. The number of nitrogens with zero attached hydrogens (tertiary/aromatic N) is 1. The molecule has 33 heavy (non-hydrogen) atoms. The Bertz CT molecular complexity index is 866. The van der Waals surface area contributed by atoms with Crippen LogP contribution < -0.4 is 10.1 Å². The van der Waals surface area contributed by atoms with Crippen LogP contribution in [0.5, 0.6) is 5.75 Å². The monoisotopic (exact) mass is 452 g/mol. The summed E-state index contributed by atoms with van der Waals surface area (Å²) in [6.07, 6.45) is 9.64. The maximum atomic E-state index is 12.8. The maximum Gasteiger partial charge on any atom is 0.241 e. The van der Waals surface area contributed by atoms with Gasteiger partial charge in [-0.05, 0) is 98.8 Å². The lowest BCUT2D eigenvalue weighted by atomic mass is 9.49. The van der Waals surface area contributed by atoms with Crippen molar-refractivity contribution >= 4 is 17.6 Å². The van der Waals surface area contributed by atoms with E-state index in [0.29, 0.717) is 37.9 Å². The number of hydrogen-bond acceptors (Lipinski definition) is 4. The van der Waals surface area contributed by atoms with Gasteiger partial charge < -0.3 is 15.0 Å². The van der Waals surface area contributed by atoms with E-state index in [2.05, 4.69) is 5.32 Å².